The quantitative estimate of drug-likeness (QED) is 0.883. The second-order valence-corrected chi connectivity index (χ2v) is 4.29. The zero-order chi connectivity index (χ0) is 13.8. The molecule has 7 heteroatoms. The maximum absolute atomic E-state index is 12.0. The average Bonchev–Trinajstić information content (AvgIpc) is 2.98. The van der Waals surface area contributed by atoms with E-state index >= 15 is 0 Å². The third-order valence-corrected chi connectivity index (χ3v) is 2.78. The summed E-state index contributed by atoms with van der Waals surface area (Å²) in [5.74, 6) is 0.959. The van der Waals surface area contributed by atoms with Gasteiger partial charge in [0, 0.05) is 6.54 Å². The average molecular weight is 263 g/mol. The Bertz CT molecular complexity index is 560. The molecule has 1 N–H and O–H groups in total. The highest BCUT2D eigenvalue weighted by atomic mass is 16.3. The molecule has 0 fully saturated rings. The molecule has 0 saturated carbocycles. The Hall–Kier alpha value is -2.18. The first-order valence-electron chi connectivity index (χ1n) is 6.22. The zero-order valence-corrected chi connectivity index (χ0v) is 11.3. The van der Waals surface area contributed by atoms with Crippen molar-refractivity contribution in [3.63, 3.8) is 0 Å². The Labute approximate surface area is 111 Å². The predicted octanol–water partition coefficient (Wildman–Crippen LogP) is 1.48. The van der Waals surface area contributed by atoms with Gasteiger partial charge in [-0.25, -0.2) is 14.6 Å². The Morgan fingerprint density at radius 2 is 2.32 bits per heavy atom. The highest BCUT2D eigenvalue weighted by Gasteiger charge is 2.19. The van der Waals surface area contributed by atoms with Crippen molar-refractivity contribution in [1.29, 1.82) is 0 Å². The second-order valence-electron chi connectivity index (χ2n) is 4.29. The fourth-order valence-electron chi connectivity index (χ4n) is 1.85. The summed E-state index contributed by atoms with van der Waals surface area (Å²) in [4.78, 5) is 20.1. The number of carbonyl (C=O) groups is 1. The van der Waals surface area contributed by atoms with Crippen molar-refractivity contribution < 1.29 is 9.21 Å². The van der Waals surface area contributed by atoms with E-state index in [2.05, 4.69) is 27.3 Å². The zero-order valence-electron chi connectivity index (χ0n) is 11.3. The van der Waals surface area contributed by atoms with E-state index in [0.717, 1.165) is 18.8 Å². The van der Waals surface area contributed by atoms with Crippen LogP contribution in [0, 0.1) is 6.92 Å². The van der Waals surface area contributed by atoms with E-state index in [1.807, 2.05) is 6.92 Å². The van der Waals surface area contributed by atoms with Gasteiger partial charge in [-0.2, -0.15) is 5.10 Å². The lowest BCUT2D eigenvalue weighted by Gasteiger charge is -2.13. The first kappa shape index (κ1) is 13.3. The van der Waals surface area contributed by atoms with E-state index in [-0.39, 0.29) is 11.9 Å². The molecule has 7 nitrogen and oxygen atoms in total. The molecule has 0 aliphatic rings. The number of aromatic nitrogens is 4. The molecule has 2 aromatic rings. The van der Waals surface area contributed by atoms with Crippen LogP contribution >= 0.6 is 0 Å². The minimum Gasteiger partial charge on any atom is -0.448 e. The lowest BCUT2D eigenvalue weighted by atomic mass is 10.2. The number of aryl methyl sites for hydroxylation is 2. The van der Waals surface area contributed by atoms with Crippen molar-refractivity contribution in [2.75, 3.05) is 0 Å². The number of rotatable bonds is 5. The highest BCUT2D eigenvalue weighted by Crippen LogP contribution is 2.11. The van der Waals surface area contributed by atoms with Crippen molar-refractivity contribution >= 4 is 5.91 Å². The Kier molecular flexibility index (Phi) is 3.94. The van der Waals surface area contributed by atoms with Gasteiger partial charge < -0.3 is 9.73 Å². The van der Waals surface area contributed by atoms with Crippen LogP contribution in [0.2, 0.25) is 0 Å². The van der Waals surface area contributed by atoms with Crippen molar-refractivity contribution in [2.45, 2.75) is 39.8 Å². The van der Waals surface area contributed by atoms with Crippen LogP contribution in [0.25, 0.3) is 0 Å². The van der Waals surface area contributed by atoms with E-state index in [1.165, 1.54) is 12.7 Å². The number of hydrogen-bond acceptors (Lipinski definition) is 5. The maximum Gasteiger partial charge on any atom is 0.274 e. The fourth-order valence-corrected chi connectivity index (χ4v) is 1.85. The van der Waals surface area contributed by atoms with Crippen LogP contribution in [0.15, 0.2) is 17.1 Å². The molecule has 0 aliphatic heterocycles. The van der Waals surface area contributed by atoms with Crippen LogP contribution < -0.4 is 5.32 Å². The minimum atomic E-state index is -0.273. The van der Waals surface area contributed by atoms with Gasteiger partial charge in [-0.05, 0) is 20.3 Å². The van der Waals surface area contributed by atoms with Gasteiger partial charge in [-0.3, -0.25) is 4.79 Å². The molecule has 1 atom stereocenters. The Balaban J connectivity index is 2.08. The summed E-state index contributed by atoms with van der Waals surface area (Å²) in [6, 6.07) is -0.238. The van der Waals surface area contributed by atoms with E-state index in [9.17, 15) is 4.79 Å². The number of oxazole rings is 1. The molecule has 102 valence electrons. The van der Waals surface area contributed by atoms with Crippen molar-refractivity contribution in [1.82, 2.24) is 25.1 Å². The molecule has 2 heterocycles. The number of nitrogens with one attached hydrogen (secondary N) is 1. The van der Waals surface area contributed by atoms with Crippen molar-refractivity contribution in [3.8, 4) is 0 Å². The molecular weight excluding hydrogens is 246 g/mol. The molecule has 0 saturated heterocycles. The van der Waals surface area contributed by atoms with E-state index in [1.54, 1.807) is 11.6 Å². The number of amides is 1. The summed E-state index contributed by atoms with van der Waals surface area (Å²) in [5, 5.41) is 6.97. The molecule has 19 heavy (non-hydrogen) atoms. The molecule has 0 bridgehead atoms. The number of hydrogen-bond donors (Lipinski definition) is 1. The fraction of sp³-hybridized carbons (Fsp3) is 0.500. The SMILES string of the molecule is CCCn1ncnc1C(C)NC(=O)c1ncoc1C. The normalized spacial score (nSPS) is 12.4. The van der Waals surface area contributed by atoms with Gasteiger partial charge in [-0.15, -0.1) is 0 Å². The van der Waals surface area contributed by atoms with Crippen LogP contribution in [0.3, 0.4) is 0 Å². The molecule has 2 rings (SSSR count). The van der Waals surface area contributed by atoms with E-state index in [4.69, 9.17) is 4.42 Å². The summed E-state index contributed by atoms with van der Waals surface area (Å²) in [7, 11) is 0. The van der Waals surface area contributed by atoms with Gasteiger partial charge in [-0.1, -0.05) is 6.92 Å². The summed E-state index contributed by atoms with van der Waals surface area (Å²) in [5.41, 5.74) is 0.299. The van der Waals surface area contributed by atoms with E-state index in [0.29, 0.717) is 11.5 Å². The van der Waals surface area contributed by atoms with Crippen LogP contribution in [0.1, 0.15) is 48.4 Å². The Morgan fingerprint density at radius 3 is 2.95 bits per heavy atom. The van der Waals surface area contributed by atoms with Gasteiger partial charge in [0.2, 0.25) is 0 Å². The van der Waals surface area contributed by atoms with Gasteiger partial charge in [0.25, 0.3) is 5.91 Å². The van der Waals surface area contributed by atoms with Gasteiger partial charge in [0.15, 0.2) is 12.1 Å². The number of carbonyl (C=O) groups excluding carboxylic acids is 1. The van der Waals surface area contributed by atoms with Crippen LogP contribution in [-0.2, 0) is 6.54 Å². The summed E-state index contributed by atoms with van der Waals surface area (Å²) >= 11 is 0. The standard InChI is InChI=1S/C12H17N5O2/c1-4-5-17-11(13-6-15-17)8(2)16-12(18)10-9(3)19-7-14-10/h6-8H,4-5H2,1-3H3,(H,16,18). The van der Waals surface area contributed by atoms with Crippen molar-refractivity contribution in [3.05, 3.63) is 30.0 Å². The van der Waals surface area contributed by atoms with Crippen LogP contribution in [0.4, 0.5) is 0 Å². The molecule has 1 unspecified atom stereocenters. The first-order valence-corrected chi connectivity index (χ1v) is 6.22. The van der Waals surface area contributed by atoms with Crippen LogP contribution in [-0.4, -0.2) is 25.7 Å². The summed E-state index contributed by atoms with van der Waals surface area (Å²) < 4.78 is 6.81. The third-order valence-electron chi connectivity index (χ3n) is 2.78. The third kappa shape index (κ3) is 2.81. The van der Waals surface area contributed by atoms with Gasteiger partial charge >= 0.3 is 0 Å². The number of nitrogens with zero attached hydrogens (tertiary/aromatic N) is 4. The molecule has 0 aromatic carbocycles. The predicted molar refractivity (Wildman–Crippen MR) is 67.4 cm³/mol. The van der Waals surface area contributed by atoms with Gasteiger partial charge in [0.05, 0.1) is 6.04 Å². The van der Waals surface area contributed by atoms with E-state index < -0.39 is 0 Å². The Morgan fingerprint density at radius 1 is 1.53 bits per heavy atom. The molecule has 0 radical (unpaired) electrons. The first-order chi connectivity index (χ1) is 9.13. The molecule has 1 amide bonds. The molecular formula is C12H17N5O2. The molecule has 0 aliphatic carbocycles. The van der Waals surface area contributed by atoms with Crippen LogP contribution in [0.5, 0.6) is 0 Å². The smallest absolute Gasteiger partial charge is 0.274 e. The minimum absolute atomic E-state index is 0.238. The van der Waals surface area contributed by atoms with Crippen molar-refractivity contribution in [2.24, 2.45) is 0 Å². The topological polar surface area (TPSA) is 85.8 Å². The lowest BCUT2D eigenvalue weighted by molar-refractivity contribution is 0.0931. The molecule has 0 spiro atoms. The maximum atomic E-state index is 12.0. The summed E-state index contributed by atoms with van der Waals surface area (Å²) in [6.45, 7) is 6.40. The summed E-state index contributed by atoms with van der Waals surface area (Å²) in [6.07, 6.45) is 3.71. The van der Waals surface area contributed by atoms with Gasteiger partial charge in [0.1, 0.15) is 17.9 Å². The second kappa shape index (κ2) is 5.64. The molecule has 2 aromatic heterocycles. The lowest BCUT2D eigenvalue weighted by Crippen LogP contribution is -2.29. The monoisotopic (exact) mass is 263 g/mol. The largest absolute Gasteiger partial charge is 0.448 e. The highest BCUT2D eigenvalue weighted by molar-refractivity contribution is 5.93.